The highest BCUT2D eigenvalue weighted by atomic mass is 14.3. The van der Waals surface area contributed by atoms with Crippen LogP contribution in [0.1, 0.15) is 149 Å². The Kier molecular flexibility index (Phi) is 16.1. The van der Waals surface area contributed by atoms with Gasteiger partial charge in [-0.25, -0.2) is 0 Å². The molecule has 150 valence electrons. The Morgan fingerprint density at radius 1 is 0.440 bits per heavy atom. The molecule has 0 aromatic rings. The molecule has 1 fully saturated rings. The quantitative estimate of drug-likeness (QED) is 0.216. The normalized spacial score (nSPS) is 20.4. The Labute approximate surface area is 160 Å². The van der Waals surface area contributed by atoms with Gasteiger partial charge in [0.05, 0.1) is 0 Å². The van der Waals surface area contributed by atoms with E-state index in [9.17, 15) is 0 Å². The Balaban J connectivity index is 1.83. The van der Waals surface area contributed by atoms with Crippen molar-refractivity contribution in [2.24, 2.45) is 11.8 Å². The van der Waals surface area contributed by atoms with Gasteiger partial charge in [0.2, 0.25) is 0 Å². The maximum Gasteiger partial charge on any atom is -0.0412 e. The lowest BCUT2D eigenvalue weighted by Gasteiger charge is -2.11. The number of hydrogen-bond acceptors (Lipinski definition) is 0. The van der Waals surface area contributed by atoms with E-state index in [0.717, 1.165) is 11.8 Å². The molecule has 0 bridgehead atoms. The molecule has 1 aliphatic carbocycles. The highest BCUT2D eigenvalue weighted by molar-refractivity contribution is 4.75. The van der Waals surface area contributed by atoms with E-state index in [2.05, 4.69) is 13.8 Å². The van der Waals surface area contributed by atoms with Crippen LogP contribution in [-0.4, -0.2) is 0 Å². The van der Waals surface area contributed by atoms with Crippen molar-refractivity contribution >= 4 is 0 Å². The largest absolute Gasteiger partial charge is 0.0654 e. The van der Waals surface area contributed by atoms with Crippen LogP contribution in [0.3, 0.4) is 0 Å². The summed E-state index contributed by atoms with van der Waals surface area (Å²) in [5, 5.41) is 0. The minimum Gasteiger partial charge on any atom is -0.0654 e. The zero-order chi connectivity index (χ0) is 18.0. The molecule has 1 aliphatic rings. The summed E-state index contributed by atoms with van der Waals surface area (Å²) in [5.41, 5.74) is 0. The molecule has 0 nitrogen and oxygen atoms in total. The van der Waals surface area contributed by atoms with Gasteiger partial charge in [-0.15, -0.1) is 0 Å². The van der Waals surface area contributed by atoms with Gasteiger partial charge in [0.25, 0.3) is 0 Å². The van der Waals surface area contributed by atoms with Crippen LogP contribution < -0.4 is 0 Å². The third-order valence-electron chi connectivity index (χ3n) is 6.58. The summed E-state index contributed by atoms with van der Waals surface area (Å²) >= 11 is 0. The van der Waals surface area contributed by atoms with E-state index in [4.69, 9.17) is 0 Å². The van der Waals surface area contributed by atoms with Gasteiger partial charge in [-0.05, 0) is 18.3 Å². The molecule has 0 amide bonds. The van der Waals surface area contributed by atoms with Gasteiger partial charge >= 0.3 is 0 Å². The van der Waals surface area contributed by atoms with Crippen LogP contribution in [-0.2, 0) is 0 Å². The Hall–Kier alpha value is 0. The molecule has 0 unspecified atom stereocenters. The van der Waals surface area contributed by atoms with Crippen molar-refractivity contribution in [1.29, 1.82) is 0 Å². The molecule has 0 radical (unpaired) electrons. The molecule has 0 heteroatoms. The van der Waals surface area contributed by atoms with E-state index < -0.39 is 0 Å². The highest BCUT2D eigenvalue weighted by Crippen LogP contribution is 2.37. The monoisotopic (exact) mass is 350 g/mol. The molecule has 25 heavy (non-hydrogen) atoms. The maximum absolute atomic E-state index is 2.31. The first-order valence-corrected chi connectivity index (χ1v) is 12.4. The highest BCUT2D eigenvalue weighted by Gasteiger charge is 2.23. The predicted molar refractivity (Wildman–Crippen MR) is 115 cm³/mol. The summed E-state index contributed by atoms with van der Waals surface area (Å²) in [7, 11) is 0. The van der Waals surface area contributed by atoms with Crippen LogP contribution in [0, 0.1) is 11.8 Å². The van der Waals surface area contributed by atoms with Crippen LogP contribution in [0.2, 0.25) is 0 Å². The van der Waals surface area contributed by atoms with E-state index in [1.54, 1.807) is 32.1 Å². The van der Waals surface area contributed by atoms with Crippen LogP contribution in [0.4, 0.5) is 0 Å². The summed E-state index contributed by atoms with van der Waals surface area (Å²) in [5.74, 6) is 2.19. The summed E-state index contributed by atoms with van der Waals surface area (Å²) in [6.45, 7) is 4.62. The van der Waals surface area contributed by atoms with E-state index in [-0.39, 0.29) is 0 Å². The van der Waals surface area contributed by atoms with E-state index in [1.165, 1.54) is 103 Å². The van der Waals surface area contributed by atoms with Crippen molar-refractivity contribution in [2.75, 3.05) is 0 Å². The lowest BCUT2D eigenvalue weighted by molar-refractivity contribution is 0.414. The van der Waals surface area contributed by atoms with Crippen LogP contribution in [0.5, 0.6) is 0 Å². The molecule has 0 aliphatic heterocycles. The lowest BCUT2D eigenvalue weighted by Crippen LogP contribution is -1.97. The molecule has 1 saturated carbocycles. The van der Waals surface area contributed by atoms with Crippen molar-refractivity contribution in [1.82, 2.24) is 0 Å². The second-order valence-electron chi connectivity index (χ2n) is 9.07. The second-order valence-corrected chi connectivity index (χ2v) is 9.07. The van der Waals surface area contributed by atoms with Gasteiger partial charge in [0.15, 0.2) is 0 Å². The zero-order valence-electron chi connectivity index (χ0n) is 18.0. The summed E-state index contributed by atoms with van der Waals surface area (Å²) < 4.78 is 0. The van der Waals surface area contributed by atoms with Gasteiger partial charge in [0, 0.05) is 0 Å². The Bertz CT molecular complexity index is 231. The molecule has 0 aromatic carbocycles. The van der Waals surface area contributed by atoms with Gasteiger partial charge in [0.1, 0.15) is 0 Å². The average Bonchev–Trinajstić information content (AvgIpc) is 3.07. The molecule has 0 spiro atoms. The first kappa shape index (κ1) is 23.0. The summed E-state index contributed by atoms with van der Waals surface area (Å²) in [4.78, 5) is 0. The summed E-state index contributed by atoms with van der Waals surface area (Å²) in [6, 6.07) is 0. The fourth-order valence-electron chi connectivity index (χ4n) is 4.84. The molecule has 0 heterocycles. The van der Waals surface area contributed by atoms with Crippen molar-refractivity contribution in [2.45, 2.75) is 149 Å². The molecule has 0 aromatic heterocycles. The van der Waals surface area contributed by atoms with E-state index in [0.29, 0.717) is 0 Å². The average molecular weight is 351 g/mol. The zero-order valence-corrected chi connectivity index (χ0v) is 18.0. The Morgan fingerprint density at radius 2 is 0.760 bits per heavy atom. The molecule has 0 saturated heterocycles. The van der Waals surface area contributed by atoms with Crippen molar-refractivity contribution < 1.29 is 0 Å². The van der Waals surface area contributed by atoms with E-state index in [1.807, 2.05) is 0 Å². The lowest BCUT2D eigenvalue weighted by atomic mass is 9.95. The number of unbranched alkanes of at least 4 members (excludes halogenated alkanes) is 14. The molecule has 1 rings (SSSR count). The first-order valence-electron chi connectivity index (χ1n) is 12.4. The number of hydrogen-bond donors (Lipinski definition) is 0. The minimum atomic E-state index is 1.10. The van der Waals surface area contributed by atoms with Gasteiger partial charge in [-0.2, -0.15) is 0 Å². The van der Waals surface area contributed by atoms with Crippen molar-refractivity contribution in [3.63, 3.8) is 0 Å². The van der Waals surface area contributed by atoms with Crippen molar-refractivity contribution in [3.05, 3.63) is 0 Å². The molecule has 0 N–H and O–H groups in total. The third-order valence-corrected chi connectivity index (χ3v) is 6.58. The van der Waals surface area contributed by atoms with Gasteiger partial charge < -0.3 is 0 Å². The molecular formula is C25H50. The van der Waals surface area contributed by atoms with Crippen molar-refractivity contribution in [3.8, 4) is 0 Å². The number of rotatable bonds is 18. The smallest absolute Gasteiger partial charge is 0.0412 e. The molecule has 2 atom stereocenters. The fourth-order valence-corrected chi connectivity index (χ4v) is 4.84. The standard InChI is InChI=1S/C25H50/c1-3-5-7-9-11-13-15-17-19-24-21-22-25(23-24)20-18-16-14-12-10-8-6-4-2/h24-25H,3-23H2,1-2H3/t24-,25-/m0/s1. The predicted octanol–water partition coefficient (Wildman–Crippen LogP) is 9.46. The van der Waals surface area contributed by atoms with Crippen LogP contribution in [0.25, 0.3) is 0 Å². The topological polar surface area (TPSA) is 0 Å². The molecular weight excluding hydrogens is 300 g/mol. The van der Waals surface area contributed by atoms with Crippen LogP contribution >= 0.6 is 0 Å². The second kappa shape index (κ2) is 17.4. The SMILES string of the molecule is CCCCCCCCCC[C@H]1CC[C@H](CCCCCCCCCC)C1. The van der Waals surface area contributed by atoms with E-state index >= 15 is 0 Å². The first-order chi connectivity index (χ1) is 12.4. The third kappa shape index (κ3) is 13.8. The minimum absolute atomic E-state index is 1.10. The Morgan fingerprint density at radius 3 is 1.12 bits per heavy atom. The fraction of sp³-hybridized carbons (Fsp3) is 1.00. The van der Waals surface area contributed by atoms with Crippen LogP contribution in [0.15, 0.2) is 0 Å². The van der Waals surface area contributed by atoms with Gasteiger partial charge in [-0.3, -0.25) is 0 Å². The summed E-state index contributed by atoms with van der Waals surface area (Å²) in [6.07, 6.45) is 31.4. The van der Waals surface area contributed by atoms with Gasteiger partial charge in [-0.1, -0.05) is 142 Å². The maximum atomic E-state index is 2.31.